The molecule has 2 heterocycles. The molecule has 0 saturated carbocycles. The number of carbonyl (C=O) groups excluding carboxylic acids is 1. The van der Waals surface area contributed by atoms with Gasteiger partial charge in [0.05, 0.1) is 17.9 Å². The minimum Gasteiger partial charge on any atom is -0.461 e. The number of halogens is 3. The summed E-state index contributed by atoms with van der Waals surface area (Å²) in [5, 5.41) is 4.12. The molecule has 6 nitrogen and oxygen atoms in total. The first-order valence-electron chi connectivity index (χ1n) is 6.82. The van der Waals surface area contributed by atoms with Gasteiger partial charge in [0.2, 0.25) is 0 Å². The third-order valence-electron chi connectivity index (χ3n) is 2.89. The predicted molar refractivity (Wildman–Crippen MR) is 78.7 cm³/mol. The van der Waals surface area contributed by atoms with Gasteiger partial charge in [-0.3, -0.25) is 4.68 Å². The summed E-state index contributed by atoms with van der Waals surface area (Å²) < 4.78 is 36.0. The lowest BCUT2D eigenvalue weighted by Crippen LogP contribution is -2.07. The average Bonchev–Trinajstić information content (AvgIpc) is 2.91. The Morgan fingerprint density at radius 3 is 2.74 bits per heavy atom. The zero-order valence-electron chi connectivity index (χ0n) is 12.4. The van der Waals surface area contributed by atoms with E-state index in [1.165, 1.54) is 23.0 Å². The van der Waals surface area contributed by atoms with E-state index in [0.717, 1.165) is 0 Å². The number of hydrogen-bond acceptors (Lipinski definition) is 5. The van der Waals surface area contributed by atoms with Gasteiger partial charge in [-0.1, -0.05) is 11.6 Å². The average molecular weight is 346 g/mol. The normalized spacial score (nSPS) is 10.9. The molecule has 0 unspecified atom stereocenters. The lowest BCUT2D eigenvalue weighted by molar-refractivity contribution is -0.0495. The van der Waals surface area contributed by atoms with Gasteiger partial charge in [-0.05, 0) is 19.9 Å². The molecule has 0 spiro atoms. The first-order valence-corrected chi connectivity index (χ1v) is 7.19. The number of nitrogens with zero attached hydrogens (tertiary/aromatic N) is 3. The molecule has 2 aromatic rings. The molecule has 124 valence electrons. The van der Waals surface area contributed by atoms with Gasteiger partial charge < -0.3 is 9.47 Å². The molecule has 0 aliphatic rings. The highest BCUT2D eigenvalue weighted by atomic mass is 35.5. The Balaban J connectivity index is 2.50. The summed E-state index contributed by atoms with van der Waals surface area (Å²) in [5.74, 6) is -0.746. The van der Waals surface area contributed by atoms with Crippen LogP contribution in [-0.4, -0.2) is 34.0 Å². The molecule has 0 N–H and O–H groups in total. The number of alkyl halides is 2. The molecule has 0 fully saturated rings. The van der Waals surface area contributed by atoms with Crippen molar-refractivity contribution in [2.45, 2.75) is 27.0 Å². The maximum absolute atomic E-state index is 12.6. The molecule has 0 aliphatic heterocycles. The SMILES string of the molecule is CCOC(=O)c1cc(-c2cnc(Cl)cc2OC(F)F)n(CC)n1. The molecule has 0 amide bonds. The highest BCUT2D eigenvalue weighted by Gasteiger charge is 2.20. The number of aromatic nitrogens is 3. The van der Waals surface area contributed by atoms with Crippen LogP contribution in [0.2, 0.25) is 5.15 Å². The second kappa shape index (κ2) is 7.36. The fraction of sp³-hybridized carbons (Fsp3) is 0.357. The number of hydrogen-bond donors (Lipinski definition) is 0. The molecule has 0 atom stereocenters. The van der Waals surface area contributed by atoms with Gasteiger partial charge in [0.1, 0.15) is 10.9 Å². The van der Waals surface area contributed by atoms with E-state index in [4.69, 9.17) is 16.3 Å². The quantitative estimate of drug-likeness (QED) is 0.593. The van der Waals surface area contributed by atoms with Gasteiger partial charge in [-0.2, -0.15) is 13.9 Å². The smallest absolute Gasteiger partial charge is 0.387 e. The van der Waals surface area contributed by atoms with Gasteiger partial charge in [-0.15, -0.1) is 0 Å². The monoisotopic (exact) mass is 345 g/mol. The van der Waals surface area contributed by atoms with E-state index in [1.807, 2.05) is 0 Å². The molecule has 2 rings (SSSR count). The van der Waals surface area contributed by atoms with E-state index < -0.39 is 12.6 Å². The second-order valence-corrected chi connectivity index (χ2v) is 4.72. The van der Waals surface area contributed by atoms with Crippen molar-refractivity contribution < 1.29 is 23.0 Å². The van der Waals surface area contributed by atoms with Gasteiger partial charge in [-0.25, -0.2) is 9.78 Å². The van der Waals surface area contributed by atoms with Crippen LogP contribution in [0.15, 0.2) is 18.3 Å². The Morgan fingerprint density at radius 2 is 2.13 bits per heavy atom. The topological polar surface area (TPSA) is 66.2 Å². The van der Waals surface area contributed by atoms with Crippen molar-refractivity contribution in [3.63, 3.8) is 0 Å². The Labute approximate surface area is 136 Å². The lowest BCUT2D eigenvalue weighted by Gasteiger charge is -2.11. The lowest BCUT2D eigenvalue weighted by atomic mass is 10.2. The van der Waals surface area contributed by atoms with Crippen molar-refractivity contribution in [3.05, 3.63) is 29.2 Å². The summed E-state index contributed by atoms with van der Waals surface area (Å²) in [4.78, 5) is 15.7. The van der Waals surface area contributed by atoms with E-state index in [9.17, 15) is 13.6 Å². The van der Waals surface area contributed by atoms with Crippen molar-refractivity contribution in [2.24, 2.45) is 0 Å². The number of pyridine rings is 1. The molecule has 0 aromatic carbocycles. The third kappa shape index (κ3) is 3.95. The molecule has 0 bridgehead atoms. The Hall–Kier alpha value is -2.22. The summed E-state index contributed by atoms with van der Waals surface area (Å²) in [6, 6.07) is 2.62. The van der Waals surface area contributed by atoms with Crippen molar-refractivity contribution in [1.82, 2.24) is 14.8 Å². The van der Waals surface area contributed by atoms with Crippen molar-refractivity contribution >= 4 is 17.6 Å². The molecular weight excluding hydrogens is 332 g/mol. The number of carbonyl (C=O) groups is 1. The van der Waals surface area contributed by atoms with E-state index in [2.05, 4.69) is 14.8 Å². The first kappa shape index (κ1) is 17.1. The zero-order valence-corrected chi connectivity index (χ0v) is 13.2. The van der Waals surface area contributed by atoms with Gasteiger partial charge >= 0.3 is 12.6 Å². The number of aryl methyl sites for hydroxylation is 1. The second-order valence-electron chi connectivity index (χ2n) is 4.33. The highest BCUT2D eigenvalue weighted by molar-refractivity contribution is 6.29. The molecule has 23 heavy (non-hydrogen) atoms. The van der Waals surface area contributed by atoms with Crippen LogP contribution in [0.25, 0.3) is 11.3 Å². The summed E-state index contributed by atoms with van der Waals surface area (Å²) >= 11 is 5.73. The number of esters is 1. The van der Waals surface area contributed by atoms with Crippen LogP contribution in [0.1, 0.15) is 24.3 Å². The molecular formula is C14H14ClF2N3O3. The van der Waals surface area contributed by atoms with Gasteiger partial charge in [0, 0.05) is 18.8 Å². The summed E-state index contributed by atoms with van der Waals surface area (Å²) in [7, 11) is 0. The van der Waals surface area contributed by atoms with E-state index in [1.54, 1.807) is 13.8 Å². The van der Waals surface area contributed by atoms with Crippen molar-refractivity contribution in [1.29, 1.82) is 0 Å². The summed E-state index contributed by atoms with van der Waals surface area (Å²) in [6.45, 7) is 1.06. The fourth-order valence-electron chi connectivity index (χ4n) is 1.98. The zero-order chi connectivity index (χ0) is 17.0. The summed E-state index contributed by atoms with van der Waals surface area (Å²) in [6.07, 6.45) is 1.29. The molecule has 0 aliphatic carbocycles. The minimum absolute atomic E-state index is 0.0116. The van der Waals surface area contributed by atoms with Crippen LogP contribution in [0.3, 0.4) is 0 Å². The highest BCUT2D eigenvalue weighted by Crippen LogP contribution is 2.33. The fourth-order valence-corrected chi connectivity index (χ4v) is 2.13. The summed E-state index contributed by atoms with van der Waals surface area (Å²) in [5.41, 5.74) is 0.719. The molecule has 0 radical (unpaired) electrons. The van der Waals surface area contributed by atoms with Crippen LogP contribution in [-0.2, 0) is 11.3 Å². The van der Waals surface area contributed by atoms with Crippen LogP contribution in [0.5, 0.6) is 5.75 Å². The van der Waals surface area contributed by atoms with Crippen LogP contribution in [0.4, 0.5) is 8.78 Å². The molecule has 2 aromatic heterocycles. The predicted octanol–water partition coefficient (Wildman–Crippen LogP) is 3.40. The Morgan fingerprint density at radius 1 is 1.39 bits per heavy atom. The first-order chi connectivity index (χ1) is 11.0. The van der Waals surface area contributed by atoms with E-state index in [-0.39, 0.29) is 28.8 Å². The maximum Gasteiger partial charge on any atom is 0.387 e. The van der Waals surface area contributed by atoms with E-state index >= 15 is 0 Å². The van der Waals surface area contributed by atoms with Crippen LogP contribution < -0.4 is 4.74 Å². The Kier molecular flexibility index (Phi) is 5.49. The van der Waals surface area contributed by atoms with E-state index in [0.29, 0.717) is 12.2 Å². The van der Waals surface area contributed by atoms with Crippen LogP contribution in [0, 0.1) is 0 Å². The third-order valence-corrected chi connectivity index (χ3v) is 3.10. The standard InChI is InChI=1S/C14H14ClF2N3O3/c1-3-20-10(5-9(19-20)13(21)22-4-2)8-7-18-12(15)6-11(8)23-14(16)17/h5-7,14H,3-4H2,1-2H3. The largest absolute Gasteiger partial charge is 0.461 e. The van der Waals surface area contributed by atoms with Gasteiger partial charge in [0.15, 0.2) is 5.69 Å². The molecule has 9 heteroatoms. The Bertz CT molecular complexity index is 707. The van der Waals surface area contributed by atoms with Crippen LogP contribution >= 0.6 is 11.6 Å². The van der Waals surface area contributed by atoms with Gasteiger partial charge in [0.25, 0.3) is 0 Å². The van der Waals surface area contributed by atoms with Crippen molar-refractivity contribution in [2.75, 3.05) is 6.61 Å². The van der Waals surface area contributed by atoms with Crippen molar-refractivity contribution in [3.8, 4) is 17.0 Å². The molecule has 0 saturated heterocycles. The number of rotatable bonds is 6. The minimum atomic E-state index is -3.02. The maximum atomic E-state index is 12.6. The number of ether oxygens (including phenoxy) is 2.